The first-order valence-electron chi connectivity index (χ1n) is 5.12. The van der Waals surface area contributed by atoms with Crippen molar-refractivity contribution in [2.45, 2.75) is 26.8 Å². The van der Waals surface area contributed by atoms with Gasteiger partial charge < -0.3 is 11.1 Å². The highest BCUT2D eigenvalue weighted by Crippen LogP contribution is 2.24. The van der Waals surface area contributed by atoms with Crippen LogP contribution >= 0.6 is 11.6 Å². The van der Waals surface area contributed by atoms with Crippen LogP contribution in [-0.2, 0) is 4.79 Å². The molecule has 0 aliphatic heterocycles. The standard InChI is InChI=1S/C12H17ClN2O/c1-12(2,3)10(11(14)16)15-9-6-4-5-8(13)7-9/h4-7,10,15H,1-3H3,(H2,14,16). The summed E-state index contributed by atoms with van der Waals surface area (Å²) in [5.41, 5.74) is 5.93. The van der Waals surface area contributed by atoms with E-state index in [2.05, 4.69) is 5.32 Å². The maximum atomic E-state index is 11.4. The van der Waals surface area contributed by atoms with Crippen molar-refractivity contribution in [2.75, 3.05) is 5.32 Å². The highest BCUT2D eigenvalue weighted by Gasteiger charge is 2.29. The maximum absolute atomic E-state index is 11.4. The number of carbonyl (C=O) groups excluding carboxylic acids is 1. The van der Waals surface area contributed by atoms with Crippen molar-refractivity contribution < 1.29 is 4.79 Å². The van der Waals surface area contributed by atoms with Crippen molar-refractivity contribution in [3.63, 3.8) is 0 Å². The number of primary amides is 1. The molecular formula is C12H17ClN2O. The van der Waals surface area contributed by atoms with Crippen LogP contribution in [0.1, 0.15) is 20.8 Å². The Morgan fingerprint density at radius 3 is 2.50 bits per heavy atom. The van der Waals surface area contributed by atoms with Crippen molar-refractivity contribution >= 4 is 23.2 Å². The Morgan fingerprint density at radius 2 is 2.06 bits per heavy atom. The van der Waals surface area contributed by atoms with Gasteiger partial charge in [-0.15, -0.1) is 0 Å². The Balaban J connectivity index is 2.89. The van der Waals surface area contributed by atoms with E-state index in [0.29, 0.717) is 5.02 Å². The summed E-state index contributed by atoms with van der Waals surface area (Å²) in [5, 5.41) is 3.73. The van der Waals surface area contributed by atoms with Gasteiger partial charge in [-0.3, -0.25) is 4.79 Å². The Morgan fingerprint density at radius 1 is 1.44 bits per heavy atom. The summed E-state index contributed by atoms with van der Waals surface area (Å²) in [6.07, 6.45) is 0. The van der Waals surface area contributed by atoms with Crippen LogP contribution in [0.3, 0.4) is 0 Å². The quantitative estimate of drug-likeness (QED) is 0.854. The molecular weight excluding hydrogens is 224 g/mol. The van der Waals surface area contributed by atoms with E-state index in [1.807, 2.05) is 32.9 Å². The Bertz CT molecular complexity index is 385. The van der Waals surface area contributed by atoms with Gasteiger partial charge in [0.05, 0.1) is 0 Å². The summed E-state index contributed by atoms with van der Waals surface area (Å²) in [7, 11) is 0. The minimum atomic E-state index is -0.425. The number of hydrogen-bond donors (Lipinski definition) is 2. The lowest BCUT2D eigenvalue weighted by atomic mass is 9.86. The SMILES string of the molecule is CC(C)(C)C(Nc1cccc(Cl)c1)C(N)=O. The first kappa shape index (κ1) is 12.8. The van der Waals surface area contributed by atoms with Gasteiger partial charge in [-0.1, -0.05) is 38.4 Å². The van der Waals surface area contributed by atoms with Crippen molar-refractivity contribution in [3.05, 3.63) is 29.3 Å². The first-order chi connectivity index (χ1) is 7.30. The summed E-state index contributed by atoms with van der Waals surface area (Å²) in [6.45, 7) is 5.87. The third-order valence-corrected chi connectivity index (χ3v) is 2.52. The van der Waals surface area contributed by atoms with E-state index >= 15 is 0 Å². The molecule has 3 nitrogen and oxygen atoms in total. The van der Waals surface area contributed by atoms with E-state index in [0.717, 1.165) is 5.69 Å². The third kappa shape index (κ3) is 3.42. The average molecular weight is 241 g/mol. The molecule has 1 amide bonds. The van der Waals surface area contributed by atoms with Crippen molar-refractivity contribution in [3.8, 4) is 0 Å². The highest BCUT2D eigenvalue weighted by molar-refractivity contribution is 6.30. The minimum absolute atomic E-state index is 0.242. The molecule has 1 unspecified atom stereocenters. The number of carbonyl (C=O) groups is 1. The molecule has 0 saturated heterocycles. The van der Waals surface area contributed by atoms with E-state index in [1.165, 1.54) is 0 Å². The molecule has 0 saturated carbocycles. The molecule has 0 aliphatic carbocycles. The predicted molar refractivity (Wildman–Crippen MR) is 67.5 cm³/mol. The molecule has 3 N–H and O–H groups in total. The second kappa shape index (κ2) is 4.74. The maximum Gasteiger partial charge on any atom is 0.240 e. The monoisotopic (exact) mass is 240 g/mol. The minimum Gasteiger partial charge on any atom is -0.373 e. The van der Waals surface area contributed by atoms with Crippen LogP contribution in [0.25, 0.3) is 0 Å². The zero-order valence-electron chi connectivity index (χ0n) is 9.75. The fraction of sp³-hybridized carbons (Fsp3) is 0.417. The molecule has 0 aliphatic rings. The zero-order chi connectivity index (χ0) is 12.3. The third-order valence-electron chi connectivity index (χ3n) is 2.29. The zero-order valence-corrected chi connectivity index (χ0v) is 10.5. The largest absolute Gasteiger partial charge is 0.373 e. The number of rotatable bonds is 3. The van der Waals surface area contributed by atoms with Gasteiger partial charge >= 0.3 is 0 Å². The second-order valence-electron chi connectivity index (χ2n) is 4.86. The van der Waals surface area contributed by atoms with Crippen molar-refractivity contribution in [1.82, 2.24) is 0 Å². The first-order valence-corrected chi connectivity index (χ1v) is 5.50. The smallest absolute Gasteiger partial charge is 0.240 e. The van der Waals surface area contributed by atoms with Crippen LogP contribution in [0.15, 0.2) is 24.3 Å². The molecule has 4 heteroatoms. The molecule has 1 rings (SSSR count). The van der Waals surface area contributed by atoms with Crippen molar-refractivity contribution in [2.24, 2.45) is 11.1 Å². The second-order valence-corrected chi connectivity index (χ2v) is 5.29. The van der Waals surface area contributed by atoms with E-state index in [4.69, 9.17) is 17.3 Å². The number of hydrogen-bond acceptors (Lipinski definition) is 2. The molecule has 1 atom stereocenters. The van der Waals surface area contributed by atoms with Gasteiger partial charge in [0.2, 0.25) is 5.91 Å². The van der Waals surface area contributed by atoms with Crippen LogP contribution < -0.4 is 11.1 Å². The fourth-order valence-electron chi connectivity index (χ4n) is 1.46. The number of benzene rings is 1. The number of nitrogens with one attached hydrogen (secondary N) is 1. The lowest BCUT2D eigenvalue weighted by Crippen LogP contribution is -2.45. The van der Waals surface area contributed by atoms with Crippen molar-refractivity contribution in [1.29, 1.82) is 0 Å². The Kier molecular flexibility index (Phi) is 3.81. The topological polar surface area (TPSA) is 55.1 Å². The van der Waals surface area contributed by atoms with Crippen LogP contribution in [0.5, 0.6) is 0 Å². The molecule has 1 aromatic rings. The molecule has 0 spiro atoms. The van der Waals surface area contributed by atoms with E-state index in [-0.39, 0.29) is 11.3 Å². The van der Waals surface area contributed by atoms with Crippen LogP contribution in [0.2, 0.25) is 5.02 Å². The molecule has 0 heterocycles. The number of halogens is 1. The molecule has 0 radical (unpaired) electrons. The Labute approximate surface area is 101 Å². The lowest BCUT2D eigenvalue weighted by molar-refractivity contribution is -0.120. The highest BCUT2D eigenvalue weighted by atomic mass is 35.5. The number of anilines is 1. The van der Waals surface area contributed by atoms with E-state index in [9.17, 15) is 4.79 Å². The lowest BCUT2D eigenvalue weighted by Gasteiger charge is -2.29. The van der Waals surface area contributed by atoms with Gasteiger partial charge in [-0.2, -0.15) is 0 Å². The molecule has 88 valence electrons. The van der Waals surface area contributed by atoms with E-state index in [1.54, 1.807) is 12.1 Å². The molecule has 16 heavy (non-hydrogen) atoms. The number of nitrogens with two attached hydrogens (primary N) is 1. The Hall–Kier alpha value is -1.22. The molecule has 0 fully saturated rings. The van der Waals surface area contributed by atoms with Gasteiger partial charge in [0, 0.05) is 10.7 Å². The van der Waals surface area contributed by atoms with E-state index < -0.39 is 6.04 Å². The molecule has 1 aromatic carbocycles. The fourth-order valence-corrected chi connectivity index (χ4v) is 1.65. The number of amides is 1. The van der Waals surface area contributed by atoms with Crippen LogP contribution in [0, 0.1) is 5.41 Å². The summed E-state index contributed by atoms with van der Waals surface area (Å²) in [4.78, 5) is 11.4. The van der Waals surface area contributed by atoms with Crippen LogP contribution in [-0.4, -0.2) is 11.9 Å². The predicted octanol–water partition coefficient (Wildman–Crippen LogP) is 2.65. The summed E-state index contributed by atoms with van der Waals surface area (Å²) in [5.74, 6) is -0.368. The van der Waals surface area contributed by atoms with Gasteiger partial charge in [0.25, 0.3) is 0 Å². The molecule has 0 aromatic heterocycles. The summed E-state index contributed by atoms with van der Waals surface area (Å²) < 4.78 is 0. The summed E-state index contributed by atoms with van der Waals surface area (Å²) in [6, 6.07) is 6.80. The molecule has 0 bridgehead atoms. The average Bonchev–Trinajstić information content (AvgIpc) is 2.12. The van der Waals surface area contributed by atoms with Gasteiger partial charge in [-0.05, 0) is 23.6 Å². The van der Waals surface area contributed by atoms with Gasteiger partial charge in [0.1, 0.15) is 6.04 Å². The van der Waals surface area contributed by atoms with Crippen LogP contribution in [0.4, 0.5) is 5.69 Å². The van der Waals surface area contributed by atoms with Gasteiger partial charge in [0.15, 0.2) is 0 Å². The normalized spacial score (nSPS) is 13.2. The summed E-state index contributed by atoms with van der Waals surface area (Å²) >= 11 is 5.87. The van der Waals surface area contributed by atoms with Gasteiger partial charge in [-0.25, -0.2) is 0 Å².